The minimum atomic E-state index is -0.601. The highest BCUT2D eigenvalue weighted by atomic mass is 35.5. The van der Waals surface area contributed by atoms with Crippen molar-refractivity contribution in [3.63, 3.8) is 0 Å². The summed E-state index contributed by atoms with van der Waals surface area (Å²) < 4.78 is 0. The molecule has 1 saturated carbocycles. The molecule has 0 saturated heterocycles. The van der Waals surface area contributed by atoms with E-state index in [1.807, 2.05) is 19.9 Å². The number of carbonyl (C=O) groups is 2. The largest absolute Gasteiger partial charge is 1.00 e. The molecule has 0 unspecified atom stereocenters. The smallest absolute Gasteiger partial charge is 0.178 e. The van der Waals surface area contributed by atoms with E-state index in [1.54, 1.807) is 6.08 Å². The van der Waals surface area contributed by atoms with E-state index in [0.29, 0.717) is 13.0 Å². The van der Waals surface area contributed by atoms with E-state index in [4.69, 9.17) is 5.73 Å². The van der Waals surface area contributed by atoms with E-state index in [1.165, 1.54) is 0 Å². The SMILES string of the molecule is CC1(C)C(=O)C(C#N)=C[C@]2(C)C3=CC(=O)CC[C@]3(CN)CC[C@@H]12.[Cl-]. The maximum Gasteiger partial charge on any atom is 0.178 e. The number of hydrogen-bond donors (Lipinski definition) is 1. The molecule has 0 aromatic carbocycles. The van der Waals surface area contributed by atoms with Crippen molar-refractivity contribution >= 4 is 11.6 Å². The maximum absolute atomic E-state index is 12.6. The Morgan fingerprint density at radius 3 is 2.54 bits per heavy atom. The fourth-order valence-corrected chi connectivity index (χ4v) is 5.33. The number of ketones is 2. The second-order valence-electron chi connectivity index (χ2n) is 8.10. The van der Waals surface area contributed by atoms with Crippen LogP contribution in [0.15, 0.2) is 23.3 Å². The Labute approximate surface area is 149 Å². The fourth-order valence-electron chi connectivity index (χ4n) is 5.33. The highest BCUT2D eigenvalue weighted by Gasteiger charge is 2.59. The molecule has 4 nitrogen and oxygen atoms in total. The lowest BCUT2D eigenvalue weighted by atomic mass is 9.44. The summed E-state index contributed by atoms with van der Waals surface area (Å²) in [4.78, 5) is 24.7. The summed E-state index contributed by atoms with van der Waals surface area (Å²) in [5.41, 5.74) is 6.20. The van der Waals surface area contributed by atoms with Crippen LogP contribution < -0.4 is 18.1 Å². The molecule has 1 fully saturated rings. The van der Waals surface area contributed by atoms with Gasteiger partial charge in [-0.1, -0.05) is 26.8 Å². The third kappa shape index (κ3) is 2.29. The van der Waals surface area contributed by atoms with Gasteiger partial charge in [-0.3, -0.25) is 9.59 Å². The Bertz CT molecular complexity index is 701. The minimum Gasteiger partial charge on any atom is -1.00 e. The van der Waals surface area contributed by atoms with Gasteiger partial charge >= 0.3 is 0 Å². The Balaban J connectivity index is 0.00000208. The highest BCUT2D eigenvalue weighted by Crippen LogP contribution is 2.63. The van der Waals surface area contributed by atoms with Crippen molar-refractivity contribution in [2.24, 2.45) is 27.9 Å². The number of rotatable bonds is 1. The van der Waals surface area contributed by atoms with Gasteiger partial charge in [0, 0.05) is 29.2 Å². The summed E-state index contributed by atoms with van der Waals surface area (Å²) in [6.07, 6.45) is 6.71. The average Bonchev–Trinajstić information content (AvgIpc) is 2.52. The van der Waals surface area contributed by atoms with E-state index < -0.39 is 10.8 Å². The van der Waals surface area contributed by atoms with Crippen LogP contribution in [-0.4, -0.2) is 18.1 Å². The first-order valence-electron chi connectivity index (χ1n) is 8.34. The molecular weight excluding hydrogens is 324 g/mol. The summed E-state index contributed by atoms with van der Waals surface area (Å²) in [5, 5.41) is 9.42. The van der Waals surface area contributed by atoms with Gasteiger partial charge < -0.3 is 18.1 Å². The third-order valence-corrected chi connectivity index (χ3v) is 6.60. The van der Waals surface area contributed by atoms with E-state index in [2.05, 4.69) is 13.0 Å². The molecule has 0 radical (unpaired) electrons. The molecule has 3 aliphatic carbocycles. The van der Waals surface area contributed by atoms with Crippen LogP contribution in [0.1, 0.15) is 46.5 Å². The van der Waals surface area contributed by atoms with Gasteiger partial charge in [0.2, 0.25) is 0 Å². The number of nitriles is 1. The molecule has 0 aromatic rings. The first-order chi connectivity index (χ1) is 10.7. The van der Waals surface area contributed by atoms with Crippen molar-refractivity contribution in [1.29, 1.82) is 5.26 Å². The van der Waals surface area contributed by atoms with Crippen LogP contribution in [0.2, 0.25) is 0 Å². The van der Waals surface area contributed by atoms with Crippen LogP contribution in [-0.2, 0) is 9.59 Å². The number of hydrogen-bond acceptors (Lipinski definition) is 4. The Kier molecular flexibility index (Phi) is 4.58. The van der Waals surface area contributed by atoms with E-state index >= 15 is 0 Å². The van der Waals surface area contributed by atoms with E-state index in [9.17, 15) is 14.9 Å². The zero-order valence-electron chi connectivity index (χ0n) is 14.5. The number of halogens is 1. The summed E-state index contributed by atoms with van der Waals surface area (Å²) in [7, 11) is 0. The molecule has 0 heterocycles. The van der Waals surface area contributed by atoms with Crippen molar-refractivity contribution in [3.05, 3.63) is 23.3 Å². The zero-order valence-corrected chi connectivity index (χ0v) is 15.2. The van der Waals surface area contributed by atoms with Crippen LogP contribution in [0.3, 0.4) is 0 Å². The summed E-state index contributed by atoms with van der Waals surface area (Å²) in [5.74, 6) is 0.148. The van der Waals surface area contributed by atoms with Crippen molar-refractivity contribution in [1.82, 2.24) is 0 Å². The van der Waals surface area contributed by atoms with Gasteiger partial charge in [0.05, 0.1) is 5.57 Å². The molecule has 3 rings (SSSR count). The second kappa shape index (κ2) is 5.82. The topological polar surface area (TPSA) is 84.0 Å². The van der Waals surface area contributed by atoms with E-state index in [-0.39, 0.29) is 40.9 Å². The fraction of sp³-hybridized carbons (Fsp3) is 0.632. The summed E-state index contributed by atoms with van der Waals surface area (Å²) in [6, 6.07) is 2.07. The predicted octanol–water partition coefficient (Wildman–Crippen LogP) is -0.300. The van der Waals surface area contributed by atoms with Gasteiger partial charge in [-0.15, -0.1) is 0 Å². The third-order valence-electron chi connectivity index (χ3n) is 6.60. The molecule has 0 aromatic heterocycles. The first kappa shape index (κ1) is 18.9. The van der Waals surface area contributed by atoms with Crippen LogP contribution in [0, 0.1) is 33.5 Å². The lowest BCUT2D eigenvalue weighted by Gasteiger charge is -2.58. The quantitative estimate of drug-likeness (QED) is 0.706. The number of nitrogens with two attached hydrogens (primary N) is 1. The molecule has 0 spiro atoms. The zero-order chi connectivity index (χ0) is 17.0. The summed E-state index contributed by atoms with van der Waals surface area (Å²) in [6.45, 7) is 6.46. The molecule has 24 heavy (non-hydrogen) atoms. The molecule has 0 aliphatic heterocycles. The monoisotopic (exact) mass is 347 g/mol. The number of Topliss-reactive ketones (excluding diaryl/α,β-unsaturated/α-hetero) is 1. The number of carbonyl (C=O) groups excluding carboxylic acids is 2. The average molecular weight is 348 g/mol. The Hall–Kier alpha value is -1.44. The second-order valence-corrected chi connectivity index (χ2v) is 8.10. The van der Waals surface area contributed by atoms with Crippen molar-refractivity contribution < 1.29 is 22.0 Å². The van der Waals surface area contributed by atoms with Gasteiger partial charge in [0.1, 0.15) is 6.07 Å². The molecule has 3 atom stereocenters. The van der Waals surface area contributed by atoms with Crippen LogP contribution in [0.25, 0.3) is 0 Å². The van der Waals surface area contributed by atoms with Gasteiger partial charge in [-0.2, -0.15) is 5.26 Å². The van der Waals surface area contributed by atoms with Gasteiger partial charge in [-0.25, -0.2) is 0 Å². The summed E-state index contributed by atoms with van der Waals surface area (Å²) >= 11 is 0. The molecule has 130 valence electrons. The maximum atomic E-state index is 12.6. The van der Waals surface area contributed by atoms with Crippen molar-refractivity contribution in [2.45, 2.75) is 46.5 Å². The van der Waals surface area contributed by atoms with E-state index in [0.717, 1.165) is 24.8 Å². The highest BCUT2D eigenvalue weighted by molar-refractivity contribution is 6.04. The van der Waals surface area contributed by atoms with Crippen molar-refractivity contribution in [3.8, 4) is 6.07 Å². The lowest BCUT2D eigenvalue weighted by molar-refractivity contribution is -0.130. The van der Waals surface area contributed by atoms with Gasteiger partial charge in [0.25, 0.3) is 0 Å². The molecule has 0 bridgehead atoms. The lowest BCUT2D eigenvalue weighted by Crippen LogP contribution is -3.00. The minimum absolute atomic E-state index is 0. The first-order valence-corrected chi connectivity index (χ1v) is 8.34. The molecular formula is C19H24ClN2O2-. The van der Waals surface area contributed by atoms with Gasteiger partial charge in [-0.05, 0) is 36.8 Å². The van der Waals surface area contributed by atoms with Crippen LogP contribution in [0.4, 0.5) is 0 Å². The molecule has 5 heteroatoms. The predicted molar refractivity (Wildman–Crippen MR) is 87.1 cm³/mol. The van der Waals surface area contributed by atoms with Crippen molar-refractivity contribution in [2.75, 3.05) is 6.54 Å². The molecule has 3 aliphatic rings. The number of allylic oxidation sites excluding steroid dienone is 3. The molecule has 2 N–H and O–H groups in total. The van der Waals surface area contributed by atoms with Crippen LogP contribution in [0.5, 0.6) is 0 Å². The Morgan fingerprint density at radius 1 is 1.29 bits per heavy atom. The normalized spacial score (nSPS) is 37.2. The number of nitrogens with zero attached hydrogens (tertiary/aromatic N) is 1. The standard InChI is InChI=1S/C19H24N2O2.ClH/c1-17(2)14-5-7-19(11-21)6-4-13(22)8-15(19)18(14,3)9-12(10-20)16(17)23;/h8-9,14H,4-7,11,21H2,1-3H3;1H/p-1/t14-,18-,19+;/m0./s1. The molecule has 0 amide bonds. The van der Waals surface area contributed by atoms with Crippen LogP contribution >= 0.6 is 0 Å². The Morgan fingerprint density at radius 2 is 1.96 bits per heavy atom. The number of fused-ring (bicyclic) bond motifs is 3. The van der Waals surface area contributed by atoms with Gasteiger partial charge in [0.15, 0.2) is 11.6 Å².